The summed E-state index contributed by atoms with van der Waals surface area (Å²) in [5, 5.41) is 6.49. The van der Waals surface area contributed by atoms with Crippen LogP contribution in [0.25, 0.3) is 0 Å². The van der Waals surface area contributed by atoms with Gasteiger partial charge in [-0.25, -0.2) is 0 Å². The maximum atomic E-state index is 12.2. The highest BCUT2D eigenvalue weighted by atomic mass is 16.1. The number of nitrogens with one attached hydrogen (secondary N) is 2. The summed E-state index contributed by atoms with van der Waals surface area (Å²) < 4.78 is 0. The molecule has 3 atom stereocenters. The van der Waals surface area contributed by atoms with Crippen molar-refractivity contribution in [2.24, 2.45) is 11.8 Å². The van der Waals surface area contributed by atoms with E-state index in [1.807, 2.05) is 12.1 Å². The summed E-state index contributed by atoms with van der Waals surface area (Å²) in [6.45, 7) is 8.65. The van der Waals surface area contributed by atoms with Crippen molar-refractivity contribution in [2.75, 3.05) is 13.1 Å². The molecule has 2 aliphatic rings. The predicted octanol–water partition coefficient (Wildman–Crippen LogP) is 1.93. The molecular formula is C16H22N2O. The molecule has 1 heterocycles. The van der Waals surface area contributed by atoms with Crippen LogP contribution in [0.4, 0.5) is 0 Å². The van der Waals surface area contributed by atoms with Gasteiger partial charge in [-0.3, -0.25) is 4.79 Å². The van der Waals surface area contributed by atoms with Crippen LogP contribution in [-0.4, -0.2) is 25.0 Å². The van der Waals surface area contributed by atoms with Gasteiger partial charge in [0.05, 0.1) is 0 Å². The van der Waals surface area contributed by atoms with E-state index < -0.39 is 0 Å². The lowest BCUT2D eigenvalue weighted by Crippen LogP contribution is -2.32. The molecule has 1 aromatic rings. The standard InChI is InChI=1S/C16H22N2O/c1-16(2,3)11-6-4-10(5-7-11)15(19)18-14-12-8-17-9-13(12)14/h4-7,12-14,17H,8-9H2,1-3H3,(H,18,19)/t12-,13+,14?. The number of hydrogen-bond donors (Lipinski definition) is 2. The molecule has 1 saturated heterocycles. The van der Waals surface area contributed by atoms with Gasteiger partial charge < -0.3 is 10.6 Å². The molecule has 0 bridgehead atoms. The number of carbonyl (C=O) groups is 1. The van der Waals surface area contributed by atoms with Gasteiger partial charge >= 0.3 is 0 Å². The first-order chi connectivity index (χ1) is 8.97. The zero-order valence-electron chi connectivity index (χ0n) is 11.9. The number of piperidine rings is 1. The summed E-state index contributed by atoms with van der Waals surface area (Å²) in [6, 6.07) is 8.39. The third-order valence-electron chi connectivity index (χ3n) is 4.40. The van der Waals surface area contributed by atoms with E-state index in [4.69, 9.17) is 0 Å². The van der Waals surface area contributed by atoms with Crippen molar-refractivity contribution in [1.29, 1.82) is 0 Å². The van der Waals surface area contributed by atoms with Gasteiger partial charge in [0.15, 0.2) is 0 Å². The first-order valence-electron chi connectivity index (χ1n) is 7.09. The average molecular weight is 258 g/mol. The molecule has 1 aliphatic heterocycles. The summed E-state index contributed by atoms with van der Waals surface area (Å²) in [5.41, 5.74) is 2.16. The first-order valence-corrected chi connectivity index (χ1v) is 7.09. The SMILES string of the molecule is CC(C)(C)c1ccc(C(=O)NC2[C@H]3CNC[C@@H]23)cc1. The summed E-state index contributed by atoms with van der Waals surface area (Å²) >= 11 is 0. The highest BCUT2D eigenvalue weighted by molar-refractivity contribution is 5.94. The van der Waals surface area contributed by atoms with Crippen molar-refractivity contribution >= 4 is 5.91 Å². The van der Waals surface area contributed by atoms with E-state index in [-0.39, 0.29) is 11.3 Å². The van der Waals surface area contributed by atoms with Gasteiger partial charge in [-0.1, -0.05) is 32.9 Å². The van der Waals surface area contributed by atoms with Crippen LogP contribution in [0.2, 0.25) is 0 Å². The highest BCUT2D eigenvalue weighted by Crippen LogP contribution is 2.41. The van der Waals surface area contributed by atoms with Crippen molar-refractivity contribution < 1.29 is 4.79 Å². The van der Waals surface area contributed by atoms with E-state index in [1.165, 1.54) is 5.56 Å². The summed E-state index contributed by atoms with van der Waals surface area (Å²) in [6.07, 6.45) is 0. The van der Waals surface area contributed by atoms with E-state index in [2.05, 4.69) is 43.5 Å². The van der Waals surface area contributed by atoms with E-state index in [0.717, 1.165) is 18.7 Å². The average Bonchev–Trinajstić information content (AvgIpc) is 2.81. The molecule has 1 aromatic carbocycles. The number of amides is 1. The Balaban J connectivity index is 1.64. The Labute approximate surface area is 114 Å². The van der Waals surface area contributed by atoms with Crippen molar-refractivity contribution in [2.45, 2.75) is 32.2 Å². The van der Waals surface area contributed by atoms with Crippen LogP contribution in [0.3, 0.4) is 0 Å². The summed E-state index contributed by atoms with van der Waals surface area (Å²) in [4.78, 5) is 12.2. The Bertz CT molecular complexity index is 476. The minimum atomic E-state index is 0.0693. The number of fused-ring (bicyclic) bond motifs is 1. The van der Waals surface area contributed by atoms with Crippen molar-refractivity contribution in [3.05, 3.63) is 35.4 Å². The van der Waals surface area contributed by atoms with Crippen LogP contribution in [0, 0.1) is 11.8 Å². The number of hydrogen-bond acceptors (Lipinski definition) is 2. The molecule has 1 aliphatic carbocycles. The quantitative estimate of drug-likeness (QED) is 0.851. The van der Waals surface area contributed by atoms with Gasteiger partial charge in [0.2, 0.25) is 0 Å². The molecule has 0 radical (unpaired) electrons. The molecule has 1 unspecified atom stereocenters. The lowest BCUT2D eigenvalue weighted by Gasteiger charge is -2.19. The molecule has 0 aromatic heterocycles. The zero-order chi connectivity index (χ0) is 13.6. The third kappa shape index (κ3) is 2.39. The molecule has 3 rings (SSSR count). The lowest BCUT2D eigenvalue weighted by atomic mass is 9.87. The molecule has 102 valence electrons. The fourth-order valence-electron chi connectivity index (χ4n) is 2.99. The number of benzene rings is 1. The lowest BCUT2D eigenvalue weighted by molar-refractivity contribution is 0.0946. The molecule has 1 amide bonds. The second-order valence-electron chi connectivity index (χ2n) is 6.81. The van der Waals surface area contributed by atoms with E-state index in [0.29, 0.717) is 17.9 Å². The monoisotopic (exact) mass is 258 g/mol. The fourth-order valence-corrected chi connectivity index (χ4v) is 2.99. The molecule has 3 nitrogen and oxygen atoms in total. The maximum absolute atomic E-state index is 12.2. The van der Waals surface area contributed by atoms with Gasteiger partial charge in [0.25, 0.3) is 5.91 Å². The van der Waals surface area contributed by atoms with Gasteiger partial charge in [-0.15, -0.1) is 0 Å². The van der Waals surface area contributed by atoms with Gasteiger partial charge in [-0.05, 0) is 34.9 Å². The normalized spacial score (nSPS) is 28.9. The first kappa shape index (κ1) is 12.7. The van der Waals surface area contributed by atoms with E-state index >= 15 is 0 Å². The molecule has 19 heavy (non-hydrogen) atoms. The smallest absolute Gasteiger partial charge is 0.251 e. The van der Waals surface area contributed by atoms with Gasteiger partial charge in [0, 0.05) is 24.7 Å². The number of rotatable bonds is 2. The molecular weight excluding hydrogens is 236 g/mol. The van der Waals surface area contributed by atoms with Crippen LogP contribution in [0.1, 0.15) is 36.7 Å². The van der Waals surface area contributed by atoms with Crippen LogP contribution in [-0.2, 0) is 5.41 Å². The Hall–Kier alpha value is -1.35. The Morgan fingerprint density at radius 2 is 1.74 bits per heavy atom. The Kier molecular flexibility index (Phi) is 2.90. The Morgan fingerprint density at radius 1 is 1.16 bits per heavy atom. The summed E-state index contributed by atoms with van der Waals surface area (Å²) in [5.74, 6) is 1.40. The van der Waals surface area contributed by atoms with E-state index in [9.17, 15) is 4.79 Å². The minimum absolute atomic E-state index is 0.0693. The molecule has 2 N–H and O–H groups in total. The summed E-state index contributed by atoms with van der Waals surface area (Å²) in [7, 11) is 0. The number of carbonyl (C=O) groups excluding carboxylic acids is 1. The van der Waals surface area contributed by atoms with Crippen molar-refractivity contribution in [1.82, 2.24) is 10.6 Å². The largest absolute Gasteiger partial charge is 0.349 e. The topological polar surface area (TPSA) is 41.1 Å². The Morgan fingerprint density at radius 3 is 2.26 bits per heavy atom. The van der Waals surface area contributed by atoms with Crippen LogP contribution >= 0.6 is 0 Å². The third-order valence-corrected chi connectivity index (χ3v) is 4.40. The maximum Gasteiger partial charge on any atom is 0.251 e. The van der Waals surface area contributed by atoms with Gasteiger partial charge in [-0.2, -0.15) is 0 Å². The second kappa shape index (κ2) is 4.34. The van der Waals surface area contributed by atoms with E-state index in [1.54, 1.807) is 0 Å². The van der Waals surface area contributed by atoms with Crippen LogP contribution in [0.5, 0.6) is 0 Å². The predicted molar refractivity (Wildman–Crippen MR) is 76.2 cm³/mol. The molecule has 1 saturated carbocycles. The molecule has 0 spiro atoms. The highest BCUT2D eigenvalue weighted by Gasteiger charge is 2.53. The zero-order valence-corrected chi connectivity index (χ0v) is 11.9. The second-order valence-corrected chi connectivity index (χ2v) is 6.81. The minimum Gasteiger partial charge on any atom is -0.349 e. The van der Waals surface area contributed by atoms with Gasteiger partial charge in [0.1, 0.15) is 0 Å². The van der Waals surface area contributed by atoms with Crippen molar-refractivity contribution in [3.63, 3.8) is 0 Å². The van der Waals surface area contributed by atoms with Crippen LogP contribution in [0.15, 0.2) is 24.3 Å². The molecule has 2 fully saturated rings. The fraction of sp³-hybridized carbons (Fsp3) is 0.562. The molecule has 3 heteroatoms. The van der Waals surface area contributed by atoms with Crippen LogP contribution < -0.4 is 10.6 Å². The van der Waals surface area contributed by atoms with Crippen molar-refractivity contribution in [3.8, 4) is 0 Å².